The molecule has 0 saturated carbocycles. The first-order chi connectivity index (χ1) is 25.5. The van der Waals surface area contributed by atoms with Crippen LogP contribution in [0, 0.1) is 5.41 Å². The molecule has 1 unspecified atom stereocenters. The second-order valence-electron chi connectivity index (χ2n) is 12.7. The lowest BCUT2D eigenvalue weighted by atomic mass is 9.71. The Kier molecular flexibility index (Phi) is 12.7. The Balaban J connectivity index is 1.53. The van der Waals surface area contributed by atoms with E-state index in [2.05, 4.69) is 0 Å². The highest BCUT2D eigenvalue weighted by Crippen LogP contribution is 2.46. The molecule has 288 valence electrons. The molecule has 0 bridgehead atoms. The number of rotatable bonds is 14. The second-order valence-corrected chi connectivity index (χ2v) is 18.5. The monoisotopic (exact) mass is 817 g/mol. The van der Waals surface area contributed by atoms with Gasteiger partial charge in [0.25, 0.3) is 16.8 Å². The molecule has 2 aromatic carbocycles. The summed E-state index contributed by atoms with van der Waals surface area (Å²) in [6.45, 7) is 2.87. The van der Waals surface area contributed by atoms with Gasteiger partial charge in [-0.3, -0.25) is 23.9 Å². The molecule has 1 aliphatic heterocycles. The van der Waals surface area contributed by atoms with E-state index in [1.807, 2.05) is 75.0 Å². The van der Waals surface area contributed by atoms with Crippen molar-refractivity contribution in [1.82, 2.24) is 9.44 Å². The summed E-state index contributed by atoms with van der Waals surface area (Å²) in [7, 11) is -7.57. The first kappa shape index (κ1) is 40.7. The number of ether oxygens (including phenoxy) is 2. The van der Waals surface area contributed by atoms with Crippen LogP contribution in [0.5, 0.6) is 0 Å². The highest BCUT2D eigenvalue weighted by Gasteiger charge is 2.51. The molecule has 18 heteroatoms. The Hall–Kier alpha value is -4.52. The van der Waals surface area contributed by atoms with Gasteiger partial charge < -0.3 is 14.4 Å². The largest absolute Gasteiger partial charge is 0.465 e. The Morgan fingerprint density at radius 3 is 2.19 bits per heavy atom. The maximum absolute atomic E-state index is 13.7. The van der Waals surface area contributed by atoms with E-state index in [-0.39, 0.29) is 44.5 Å². The number of thioether (sulfide) groups is 1. The van der Waals surface area contributed by atoms with E-state index in [0.29, 0.717) is 28.1 Å². The van der Waals surface area contributed by atoms with Gasteiger partial charge in [0.15, 0.2) is 5.41 Å². The van der Waals surface area contributed by atoms with Crippen LogP contribution < -0.4 is 18.9 Å². The van der Waals surface area contributed by atoms with Crippen molar-refractivity contribution in [1.29, 1.82) is 0 Å². The summed E-state index contributed by atoms with van der Waals surface area (Å²) in [5.74, 6) is -2.87. The normalized spacial score (nSPS) is 17.6. The molecule has 3 aromatic rings. The van der Waals surface area contributed by atoms with Crippen LogP contribution >= 0.6 is 23.1 Å². The van der Waals surface area contributed by atoms with E-state index in [1.54, 1.807) is 30.6 Å². The lowest BCUT2D eigenvalue weighted by molar-refractivity contribution is -0.655. The summed E-state index contributed by atoms with van der Waals surface area (Å²) in [6.07, 6.45) is 9.36. The van der Waals surface area contributed by atoms with Crippen molar-refractivity contribution in [2.24, 2.45) is 5.41 Å². The number of allylic oxidation sites excluding steroid dienone is 4. The van der Waals surface area contributed by atoms with Gasteiger partial charge in [-0.15, -0.1) is 0 Å². The summed E-state index contributed by atoms with van der Waals surface area (Å²) < 4.78 is 64.6. The van der Waals surface area contributed by atoms with Crippen molar-refractivity contribution in [3.63, 3.8) is 0 Å². The van der Waals surface area contributed by atoms with Gasteiger partial charge in [0.2, 0.25) is 32.1 Å². The lowest BCUT2D eigenvalue weighted by Crippen LogP contribution is -2.45. The molecular formula is C36H41N4O10S4+. The molecule has 1 aromatic heterocycles. The second kappa shape index (κ2) is 16.9. The molecule has 0 spiro atoms. The minimum Gasteiger partial charge on any atom is -0.465 e. The van der Waals surface area contributed by atoms with Crippen molar-refractivity contribution in [2.75, 3.05) is 37.2 Å². The SMILES string of the molecule is CCOC(=O)C1(C(=O)OCC)CC(/C=C/c2sc3ccccc3[n+]2CC(=O)NS(C)(=O)=O)=CC(=C\CC2Sc3ccccc3N2CC(=O)NS(C)(=O)=O)/C1. The third-order valence-electron chi connectivity index (χ3n) is 8.37. The molecule has 1 aliphatic carbocycles. The number of sulfonamides is 2. The Bertz CT molecular complexity index is 2260. The number of para-hydroxylation sites is 2. The standard InChI is InChI=1S/C36H40N4O10S4/c1-5-49-34(43)36(35(44)50-6-2)20-24(15-17-32-39(22-30(41)37-53(3,45)46)26-11-7-9-13-28(26)51-32)19-25(21-36)16-18-33-40(23-31(42)38-54(4,47)48)27-12-8-10-14-29(27)52-33/h7-17,19,33H,5-6,18,20-23H2,1-4H3,(H-,37,38,41,42)/p+1/b17-15+,25-16+. The van der Waals surface area contributed by atoms with Gasteiger partial charge in [-0.25, -0.2) is 21.6 Å². The zero-order valence-electron chi connectivity index (χ0n) is 30.1. The van der Waals surface area contributed by atoms with Crippen LogP contribution in [-0.4, -0.2) is 78.2 Å². The number of carbonyl (C=O) groups excluding carboxylic acids is 4. The summed E-state index contributed by atoms with van der Waals surface area (Å²) in [6, 6.07) is 14.8. The molecule has 2 heterocycles. The zero-order valence-corrected chi connectivity index (χ0v) is 33.3. The van der Waals surface area contributed by atoms with E-state index >= 15 is 0 Å². The molecule has 2 amide bonds. The van der Waals surface area contributed by atoms with Crippen LogP contribution in [0.15, 0.2) is 82.8 Å². The van der Waals surface area contributed by atoms with Crippen LogP contribution in [-0.2, 0) is 55.2 Å². The number of esters is 2. The van der Waals surface area contributed by atoms with Crippen molar-refractivity contribution in [2.45, 2.75) is 49.9 Å². The Morgan fingerprint density at radius 1 is 0.889 bits per heavy atom. The lowest BCUT2D eigenvalue weighted by Gasteiger charge is -2.33. The zero-order chi connectivity index (χ0) is 39.3. The minimum absolute atomic E-state index is 0.0184. The van der Waals surface area contributed by atoms with Crippen molar-refractivity contribution >= 4 is 88.9 Å². The molecule has 2 N–H and O–H groups in total. The van der Waals surface area contributed by atoms with Crippen LogP contribution in [0.3, 0.4) is 0 Å². The van der Waals surface area contributed by atoms with Gasteiger partial charge in [-0.1, -0.05) is 65.6 Å². The minimum atomic E-state index is -3.79. The molecule has 0 radical (unpaired) electrons. The van der Waals surface area contributed by atoms with Gasteiger partial charge in [0.1, 0.15) is 4.70 Å². The van der Waals surface area contributed by atoms with E-state index < -0.39 is 49.2 Å². The number of hydrogen-bond donors (Lipinski definition) is 2. The first-order valence-electron chi connectivity index (χ1n) is 16.9. The molecular weight excluding hydrogens is 777 g/mol. The van der Waals surface area contributed by atoms with E-state index in [1.165, 1.54) is 23.1 Å². The summed E-state index contributed by atoms with van der Waals surface area (Å²) in [5, 5.41) is 0.280. The van der Waals surface area contributed by atoms with E-state index in [9.17, 15) is 36.0 Å². The smallest absolute Gasteiger partial charge is 0.324 e. The van der Waals surface area contributed by atoms with Gasteiger partial charge in [-0.2, -0.15) is 4.57 Å². The van der Waals surface area contributed by atoms with E-state index in [4.69, 9.17) is 9.47 Å². The molecule has 0 fully saturated rings. The summed E-state index contributed by atoms with van der Waals surface area (Å²) >= 11 is 2.88. The molecule has 0 saturated heterocycles. The third-order valence-corrected chi connectivity index (χ3v) is 12.0. The van der Waals surface area contributed by atoms with Crippen molar-refractivity contribution in [3.8, 4) is 0 Å². The van der Waals surface area contributed by atoms with Crippen LogP contribution in [0.25, 0.3) is 16.3 Å². The molecule has 54 heavy (non-hydrogen) atoms. The van der Waals surface area contributed by atoms with E-state index in [0.717, 1.165) is 27.8 Å². The number of nitrogens with zero attached hydrogens (tertiary/aromatic N) is 2. The molecule has 14 nitrogen and oxygen atoms in total. The predicted octanol–water partition coefficient (Wildman–Crippen LogP) is 3.44. The number of thiazole rings is 1. The van der Waals surface area contributed by atoms with Crippen molar-refractivity contribution < 1.29 is 50.1 Å². The first-order valence-corrected chi connectivity index (χ1v) is 22.4. The van der Waals surface area contributed by atoms with Crippen LogP contribution in [0.2, 0.25) is 0 Å². The number of anilines is 1. The van der Waals surface area contributed by atoms with Gasteiger partial charge in [-0.05, 0) is 62.5 Å². The maximum atomic E-state index is 13.7. The number of fused-ring (bicyclic) bond motifs is 2. The number of benzene rings is 2. The highest BCUT2D eigenvalue weighted by atomic mass is 32.2. The number of aromatic nitrogens is 1. The fourth-order valence-corrected chi connectivity index (χ4v) is 9.60. The Labute approximate surface area is 322 Å². The molecule has 5 rings (SSSR count). The number of carbonyl (C=O) groups is 4. The number of nitrogens with one attached hydrogen (secondary N) is 2. The topological polar surface area (TPSA) is 186 Å². The molecule has 1 atom stereocenters. The van der Waals surface area contributed by atoms with Gasteiger partial charge in [0, 0.05) is 17.0 Å². The number of hydrogen-bond acceptors (Lipinski definition) is 13. The van der Waals surface area contributed by atoms with Gasteiger partial charge >= 0.3 is 11.9 Å². The highest BCUT2D eigenvalue weighted by molar-refractivity contribution is 8.00. The maximum Gasteiger partial charge on any atom is 0.324 e. The molecule has 2 aliphatic rings. The number of amides is 2. The summed E-state index contributed by atoms with van der Waals surface area (Å²) in [5.41, 5.74) is 0.993. The van der Waals surface area contributed by atoms with Crippen LogP contribution in [0.4, 0.5) is 5.69 Å². The van der Waals surface area contributed by atoms with Crippen molar-refractivity contribution in [3.05, 3.63) is 82.9 Å². The summed E-state index contributed by atoms with van der Waals surface area (Å²) in [4.78, 5) is 55.6. The van der Waals surface area contributed by atoms with Gasteiger partial charge in [0.05, 0.1) is 43.3 Å². The fraction of sp³-hybridized carbons (Fsp3) is 0.361. The predicted molar refractivity (Wildman–Crippen MR) is 206 cm³/mol. The fourth-order valence-electron chi connectivity index (χ4n) is 6.32. The third kappa shape index (κ3) is 9.96. The quantitative estimate of drug-likeness (QED) is 0.137. The van der Waals surface area contributed by atoms with Crippen LogP contribution in [0.1, 0.15) is 38.1 Å². The average molecular weight is 818 g/mol. The Morgan fingerprint density at radius 2 is 1.52 bits per heavy atom. The average Bonchev–Trinajstić information content (AvgIpc) is 3.61.